The number of hydrogen-bond donors (Lipinski definition) is 1. The molecule has 110 valence electrons. The summed E-state index contributed by atoms with van der Waals surface area (Å²) < 4.78 is 5.24. The van der Waals surface area contributed by atoms with Crippen molar-refractivity contribution in [2.24, 2.45) is 0 Å². The van der Waals surface area contributed by atoms with E-state index in [0.717, 1.165) is 25.1 Å². The van der Waals surface area contributed by atoms with Gasteiger partial charge in [-0.2, -0.15) is 0 Å². The highest BCUT2D eigenvalue weighted by Crippen LogP contribution is 2.05. The van der Waals surface area contributed by atoms with Crippen LogP contribution < -0.4 is 5.32 Å². The number of rotatable bonds is 7. The fraction of sp³-hybridized carbons (Fsp3) is 0.278. The van der Waals surface area contributed by atoms with Gasteiger partial charge in [0.1, 0.15) is 0 Å². The molecule has 0 heterocycles. The molecule has 0 spiro atoms. The van der Waals surface area contributed by atoms with Gasteiger partial charge in [0.25, 0.3) is 0 Å². The molecule has 2 aromatic rings. The van der Waals surface area contributed by atoms with Gasteiger partial charge in [0.15, 0.2) is 0 Å². The summed E-state index contributed by atoms with van der Waals surface area (Å²) in [4.78, 5) is 11.8. The zero-order valence-corrected chi connectivity index (χ0v) is 12.3. The van der Waals surface area contributed by atoms with Crippen molar-refractivity contribution in [2.45, 2.75) is 19.9 Å². The van der Waals surface area contributed by atoms with Gasteiger partial charge in [0, 0.05) is 6.54 Å². The van der Waals surface area contributed by atoms with Crippen molar-refractivity contribution in [3.8, 4) is 0 Å². The molecule has 1 N–H and O–H groups in total. The average molecular weight is 283 g/mol. The molecule has 2 aromatic carbocycles. The lowest BCUT2D eigenvalue weighted by Gasteiger charge is -2.06. The van der Waals surface area contributed by atoms with Crippen molar-refractivity contribution in [1.29, 1.82) is 0 Å². The van der Waals surface area contributed by atoms with Crippen molar-refractivity contribution in [3.63, 3.8) is 0 Å². The number of aryl methyl sites for hydroxylation is 1. The van der Waals surface area contributed by atoms with Crippen molar-refractivity contribution in [2.75, 3.05) is 13.2 Å². The zero-order chi connectivity index (χ0) is 14.9. The highest BCUT2D eigenvalue weighted by Gasteiger charge is 2.05. The highest BCUT2D eigenvalue weighted by atomic mass is 16.5. The quantitative estimate of drug-likeness (QED) is 0.625. The normalized spacial score (nSPS) is 10.3. The van der Waals surface area contributed by atoms with E-state index in [4.69, 9.17) is 4.74 Å². The molecule has 0 atom stereocenters. The van der Waals surface area contributed by atoms with Crippen LogP contribution in [0.3, 0.4) is 0 Å². The van der Waals surface area contributed by atoms with Gasteiger partial charge in [0.05, 0.1) is 12.2 Å². The van der Waals surface area contributed by atoms with Gasteiger partial charge in [-0.25, -0.2) is 4.79 Å². The number of nitrogens with one attached hydrogen (secondary N) is 1. The fourth-order valence-electron chi connectivity index (χ4n) is 1.96. The van der Waals surface area contributed by atoms with Gasteiger partial charge in [-0.05, 0) is 37.6 Å². The highest BCUT2D eigenvalue weighted by molar-refractivity contribution is 5.89. The van der Waals surface area contributed by atoms with E-state index in [0.29, 0.717) is 12.2 Å². The van der Waals surface area contributed by atoms with Crippen LogP contribution in [0.1, 0.15) is 27.9 Å². The summed E-state index contributed by atoms with van der Waals surface area (Å²) in [6, 6.07) is 17.7. The first kappa shape index (κ1) is 15.3. The number of benzene rings is 2. The molecule has 0 saturated carbocycles. The summed E-state index contributed by atoms with van der Waals surface area (Å²) >= 11 is 0. The molecule has 0 saturated heterocycles. The van der Waals surface area contributed by atoms with Crippen LogP contribution in [0.4, 0.5) is 0 Å². The molecule has 0 aliphatic heterocycles. The predicted octanol–water partition coefficient (Wildman–Crippen LogP) is 3.33. The largest absolute Gasteiger partial charge is 0.462 e. The molecule has 0 aromatic heterocycles. The molecule has 0 aliphatic rings. The van der Waals surface area contributed by atoms with E-state index in [9.17, 15) is 4.79 Å². The van der Waals surface area contributed by atoms with Gasteiger partial charge < -0.3 is 10.1 Å². The number of esters is 1. The van der Waals surface area contributed by atoms with Gasteiger partial charge >= 0.3 is 5.97 Å². The second kappa shape index (κ2) is 8.22. The summed E-state index contributed by atoms with van der Waals surface area (Å²) in [7, 11) is 0. The fourth-order valence-corrected chi connectivity index (χ4v) is 1.96. The number of ether oxygens (including phenoxy) is 1. The Labute approximate surface area is 126 Å². The topological polar surface area (TPSA) is 38.3 Å². The maximum absolute atomic E-state index is 11.8. The van der Waals surface area contributed by atoms with Crippen LogP contribution in [0, 0.1) is 6.92 Å². The van der Waals surface area contributed by atoms with Crippen molar-refractivity contribution in [3.05, 3.63) is 71.3 Å². The molecule has 0 unspecified atom stereocenters. The van der Waals surface area contributed by atoms with Crippen molar-refractivity contribution >= 4 is 5.97 Å². The van der Waals surface area contributed by atoms with E-state index in [-0.39, 0.29) is 5.97 Å². The first-order valence-electron chi connectivity index (χ1n) is 7.24. The lowest BCUT2D eigenvalue weighted by atomic mass is 10.1. The predicted molar refractivity (Wildman–Crippen MR) is 84.2 cm³/mol. The Morgan fingerprint density at radius 3 is 2.48 bits per heavy atom. The zero-order valence-electron chi connectivity index (χ0n) is 12.3. The van der Waals surface area contributed by atoms with Crippen LogP contribution in [-0.4, -0.2) is 19.1 Å². The van der Waals surface area contributed by atoms with E-state index in [1.807, 2.05) is 37.3 Å². The van der Waals surface area contributed by atoms with E-state index >= 15 is 0 Å². The summed E-state index contributed by atoms with van der Waals surface area (Å²) in [6.45, 7) is 4.10. The molecule has 3 heteroatoms. The molecular weight excluding hydrogens is 262 g/mol. The Kier molecular flexibility index (Phi) is 5.98. The van der Waals surface area contributed by atoms with Gasteiger partial charge in [0.2, 0.25) is 0 Å². The maximum atomic E-state index is 11.8. The molecule has 0 bridgehead atoms. The lowest BCUT2D eigenvalue weighted by Crippen LogP contribution is -2.17. The standard InChI is InChI=1S/C18H21NO2/c1-15-8-10-17(11-9-15)18(20)21-13-5-12-19-14-16-6-3-2-4-7-16/h2-4,6-11,19H,5,12-14H2,1H3. The van der Waals surface area contributed by atoms with Gasteiger partial charge in [-0.1, -0.05) is 48.0 Å². The Morgan fingerprint density at radius 1 is 1.05 bits per heavy atom. The monoisotopic (exact) mass is 283 g/mol. The lowest BCUT2D eigenvalue weighted by molar-refractivity contribution is 0.0500. The summed E-state index contributed by atoms with van der Waals surface area (Å²) in [5.41, 5.74) is 3.00. The van der Waals surface area contributed by atoms with Crippen LogP contribution in [0.2, 0.25) is 0 Å². The molecule has 0 radical (unpaired) electrons. The molecule has 0 amide bonds. The van der Waals surface area contributed by atoms with E-state index in [1.165, 1.54) is 5.56 Å². The van der Waals surface area contributed by atoms with Crippen LogP contribution >= 0.6 is 0 Å². The molecule has 0 aliphatic carbocycles. The molecule has 3 nitrogen and oxygen atoms in total. The third kappa shape index (κ3) is 5.40. The maximum Gasteiger partial charge on any atom is 0.338 e. The summed E-state index contributed by atoms with van der Waals surface area (Å²) in [5.74, 6) is -0.252. The minimum Gasteiger partial charge on any atom is -0.462 e. The minimum absolute atomic E-state index is 0.252. The number of carbonyl (C=O) groups is 1. The Hall–Kier alpha value is -2.13. The second-order valence-corrected chi connectivity index (χ2v) is 5.02. The molecular formula is C18H21NO2. The Bertz CT molecular complexity index is 549. The van der Waals surface area contributed by atoms with E-state index < -0.39 is 0 Å². The first-order valence-corrected chi connectivity index (χ1v) is 7.24. The van der Waals surface area contributed by atoms with Gasteiger partial charge in [-0.3, -0.25) is 0 Å². The van der Waals surface area contributed by atoms with Crippen LogP contribution in [-0.2, 0) is 11.3 Å². The summed E-state index contributed by atoms with van der Waals surface area (Å²) in [6.07, 6.45) is 0.810. The van der Waals surface area contributed by atoms with Crippen molar-refractivity contribution in [1.82, 2.24) is 5.32 Å². The van der Waals surface area contributed by atoms with E-state index in [2.05, 4.69) is 17.4 Å². The van der Waals surface area contributed by atoms with Crippen LogP contribution in [0.5, 0.6) is 0 Å². The third-order valence-corrected chi connectivity index (χ3v) is 3.19. The molecule has 0 fully saturated rings. The summed E-state index contributed by atoms with van der Waals surface area (Å²) in [5, 5.41) is 3.33. The van der Waals surface area contributed by atoms with Gasteiger partial charge in [-0.15, -0.1) is 0 Å². The molecule has 2 rings (SSSR count). The minimum atomic E-state index is -0.252. The second-order valence-electron chi connectivity index (χ2n) is 5.02. The van der Waals surface area contributed by atoms with E-state index in [1.54, 1.807) is 12.1 Å². The smallest absolute Gasteiger partial charge is 0.338 e. The van der Waals surface area contributed by atoms with Crippen molar-refractivity contribution < 1.29 is 9.53 Å². The number of hydrogen-bond acceptors (Lipinski definition) is 3. The Balaban J connectivity index is 1.59. The Morgan fingerprint density at radius 2 is 1.76 bits per heavy atom. The van der Waals surface area contributed by atoms with Crippen LogP contribution in [0.15, 0.2) is 54.6 Å². The third-order valence-electron chi connectivity index (χ3n) is 3.19. The van der Waals surface area contributed by atoms with Crippen LogP contribution in [0.25, 0.3) is 0 Å². The number of carbonyl (C=O) groups excluding carboxylic acids is 1. The SMILES string of the molecule is Cc1ccc(C(=O)OCCCNCc2ccccc2)cc1. The average Bonchev–Trinajstić information content (AvgIpc) is 2.52. The first-order chi connectivity index (χ1) is 10.3. The molecule has 21 heavy (non-hydrogen) atoms.